The van der Waals surface area contributed by atoms with Crippen molar-refractivity contribution in [1.82, 2.24) is 5.32 Å². The van der Waals surface area contributed by atoms with Gasteiger partial charge in [0.05, 0.1) is 19.8 Å². The Morgan fingerprint density at radius 3 is 2.30 bits per heavy atom. The van der Waals surface area contributed by atoms with Gasteiger partial charge >= 0.3 is 6.09 Å². The Morgan fingerprint density at radius 1 is 1.20 bits per heavy atom. The van der Waals surface area contributed by atoms with Gasteiger partial charge in [-0.05, 0) is 24.6 Å². The lowest BCUT2D eigenvalue weighted by Crippen LogP contribution is -2.43. The summed E-state index contributed by atoms with van der Waals surface area (Å²) in [6.45, 7) is 12.9. The molecule has 0 heterocycles. The topological polar surface area (TPSA) is 64.6 Å². The van der Waals surface area contributed by atoms with Crippen molar-refractivity contribution in [2.45, 2.75) is 58.7 Å². The molecule has 0 atom stereocenters. The zero-order chi connectivity index (χ0) is 15.8. The largest absolute Gasteiger partial charge is 0.450 e. The highest BCUT2D eigenvalue weighted by Crippen LogP contribution is 2.36. The van der Waals surface area contributed by atoms with E-state index in [0.29, 0.717) is 6.61 Å². The quantitative estimate of drug-likeness (QED) is 0.553. The van der Waals surface area contributed by atoms with E-state index in [4.69, 9.17) is 9.16 Å². The third kappa shape index (κ3) is 7.64. The van der Waals surface area contributed by atoms with E-state index in [2.05, 4.69) is 39.2 Å². The molecule has 0 aliphatic heterocycles. The molecule has 0 aromatic rings. The van der Waals surface area contributed by atoms with E-state index in [0.717, 1.165) is 12.8 Å². The molecule has 0 aromatic heterocycles. The fourth-order valence-corrected chi connectivity index (χ4v) is 2.01. The number of nitrogens with one attached hydrogen (secondary N) is 1. The molecule has 118 valence electrons. The Morgan fingerprint density at radius 2 is 1.80 bits per heavy atom. The molecule has 0 aliphatic carbocycles. The van der Waals surface area contributed by atoms with Gasteiger partial charge in [-0.2, -0.15) is 0 Å². The predicted molar refractivity (Wildman–Crippen MR) is 82.4 cm³/mol. The van der Waals surface area contributed by atoms with E-state index in [1.165, 1.54) is 0 Å². The minimum Gasteiger partial charge on any atom is -0.450 e. The molecule has 5 nitrogen and oxygen atoms in total. The highest BCUT2D eigenvalue weighted by Gasteiger charge is 2.37. The first kappa shape index (κ1) is 19.1. The van der Waals surface area contributed by atoms with Crippen LogP contribution in [-0.2, 0) is 14.0 Å². The predicted octanol–water partition coefficient (Wildman–Crippen LogP) is 3.10. The number of amides is 1. The summed E-state index contributed by atoms with van der Waals surface area (Å²) in [6.07, 6.45) is 1.25. The maximum Gasteiger partial charge on any atom is 0.407 e. The van der Waals surface area contributed by atoms with Gasteiger partial charge in [0.15, 0.2) is 14.1 Å². The number of rotatable bonds is 8. The molecule has 1 amide bonds. The van der Waals surface area contributed by atoms with Gasteiger partial charge in [0.1, 0.15) is 0 Å². The second kappa shape index (κ2) is 8.41. The summed E-state index contributed by atoms with van der Waals surface area (Å²) in [6, 6.07) is 0. The van der Waals surface area contributed by atoms with E-state index in [1.54, 1.807) is 0 Å². The van der Waals surface area contributed by atoms with Crippen molar-refractivity contribution in [3.63, 3.8) is 0 Å². The lowest BCUT2D eigenvalue weighted by molar-refractivity contribution is -0.120. The number of ether oxygens (including phenoxy) is 1. The van der Waals surface area contributed by atoms with Gasteiger partial charge < -0.3 is 14.5 Å². The smallest absolute Gasteiger partial charge is 0.407 e. The number of hydrogen-bond donors (Lipinski definition) is 1. The Balaban J connectivity index is 3.93. The summed E-state index contributed by atoms with van der Waals surface area (Å²) in [4.78, 5) is 22.9. The second-order valence-electron chi connectivity index (χ2n) is 6.43. The molecule has 0 bridgehead atoms. The molecule has 0 saturated carbocycles. The van der Waals surface area contributed by atoms with Crippen LogP contribution in [0.3, 0.4) is 0 Å². The lowest BCUT2D eigenvalue weighted by atomic mass is 10.2. The molecule has 0 unspecified atom stereocenters. The molecule has 0 saturated heterocycles. The standard InChI is InChI=1S/C14H29NO4Si/c1-7-8-9-18-13(17)15-10-12(16)11-19-20(5,6)14(2,3)4/h7-11H2,1-6H3,(H,15,17). The van der Waals surface area contributed by atoms with Gasteiger partial charge in [-0.3, -0.25) is 4.79 Å². The van der Waals surface area contributed by atoms with Gasteiger partial charge in [-0.15, -0.1) is 0 Å². The fraction of sp³-hybridized carbons (Fsp3) is 0.857. The fourth-order valence-electron chi connectivity index (χ4n) is 1.06. The summed E-state index contributed by atoms with van der Waals surface area (Å²) in [7, 11) is -1.91. The normalized spacial score (nSPS) is 12.1. The minimum absolute atomic E-state index is 0.0421. The van der Waals surface area contributed by atoms with Crippen LogP contribution in [0.4, 0.5) is 4.79 Å². The number of ketones is 1. The van der Waals surface area contributed by atoms with E-state index >= 15 is 0 Å². The average Bonchev–Trinajstić information content (AvgIpc) is 2.33. The van der Waals surface area contributed by atoms with E-state index in [9.17, 15) is 9.59 Å². The number of Topliss-reactive ketones (excluding diaryl/α,β-unsaturated/α-hetero) is 1. The summed E-state index contributed by atoms with van der Waals surface area (Å²) in [5.41, 5.74) is 0. The maximum atomic E-state index is 11.7. The molecule has 20 heavy (non-hydrogen) atoms. The van der Waals surface area contributed by atoms with E-state index in [1.807, 2.05) is 6.92 Å². The third-order valence-corrected chi connectivity index (χ3v) is 8.04. The zero-order valence-electron chi connectivity index (χ0n) is 13.7. The van der Waals surface area contributed by atoms with Crippen molar-refractivity contribution in [2.24, 2.45) is 0 Å². The summed E-state index contributed by atoms with van der Waals surface area (Å²) >= 11 is 0. The van der Waals surface area contributed by atoms with Crippen LogP contribution in [0, 0.1) is 0 Å². The second-order valence-corrected chi connectivity index (χ2v) is 11.2. The molecule has 1 N–H and O–H groups in total. The van der Waals surface area contributed by atoms with Crippen LogP contribution in [-0.4, -0.2) is 40.0 Å². The Labute approximate surface area is 123 Å². The zero-order valence-corrected chi connectivity index (χ0v) is 14.7. The van der Waals surface area contributed by atoms with Crippen LogP contribution < -0.4 is 5.32 Å². The number of unbranched alkanes of at least 4 members (excludes halogenated alkanes) is 1. The highest BCUT2D eigenvalue weighted by atomic mass is 28.4. The van der Waals surface area contributed by atoms with Crippen LogP contribution in [0.1, 0.15) is 40.5 Å². The molecular formula is C14H29NO4Si. The SMILES string of the molecule is CCCCOC(=O)NCC(=O)CO[Si](C)(C)C(C)(C)C. The van der Waals surface area contributed by atoms with E-state index < -0.39 is 14.4 Å². The third-order valence-electron chi connectivity index (χ3n) is 3.56. The van der Waals surface area contributed by atoms with Crippen molar-refractivity contribution in [3.05, 3.63) is 0 Å². The summed E-state index contributed by atoms with van der Waals surface area (Å²) < 4.78 is 10.7. The molecule has 0 fully saturated rings. The number of carbonyl (C=O) groups is 2. The van der Waals surface area contributed by atoms with Crippen molar-refractivity contribution in [3.8, 4) is 0 Å². The summed E-state index contributed by atoms with van der Waals surface area (Å²) in [5.74, 6) is -0.137. The molecule has 0 rings (SSSR count). The Hall–Kier alpha value is -0.883. The Bertz CT molecular complexity index is 324. The van der Waals surface area contributed by atoms with Crippen LogP contribution >= 0.6 is 0 Å². The Kier molecular flexibility index (Phi) is 8.04. The molecule has 6 heteroatoms. The van der Waals surface area contributed by atoms with Gasteiger partial charge in [-0.1, -0.05) is 34.1 Å². The monoisotopic (exact) mass is 303 g/mol. The first-order valence-corrected chi connectivity index (χ1v) is 10.1. The highest BCUT2D eigenvalue weighted by molar-refractivity contribution is 6.74. The van der Waals surface area contributed by atoms with Crippen LogP contribution in [0.5, 0.6) is 0 Å². The molecule has 0 aliphatic rings. The first-order valence-electron chi connectivity index (χ1n) is 7.16. The maximum absolute atomic E-state index is 11.7. The van der Waals surface area contributed by atoms with Gasteiger partial charge in [-0.25, -0.2) is 4.79 Å². The van der Waals surface area contributed by atoms with Gasteiger partial charge in [0, 0.05) is 0 Å². The van der Waals surface area contributed by atoms with Gasteiger partial charge in [0.25, 0.3) is 0 Å². The lowest BCUT2D eigenvalue weighted by Gasteiger charge is -2.35. The molecule has 0 aromatic carbocycles. The number of alkyl carbamates (subject to hydrolysis) is 1. The van der Waals surface area contributed by atoms with E-state index in [-0.39, 0.29) is 24.0 Å². The summed E-state index contributed by atoms with van der Waals surface area (Å²) in [5, 5.41) is 2.51. The van der Waals surface area contributed by atoms with Crippen LogP contribution in [0.15, 0.2) is 0 Å². The van der Waals surface area contributed by atoms with Crippen molar-refractivity contribution < 1.29 is 18.8 Å². The van der Waals surface area contributed by atoms with Gasteiger partial charge in [0.2, 0.25) is 0 Å². The van der Waals surface area contributed by atoms with Crippen molar-refractivity contribution in [1.29, 1.82) is 0 Å². The average molecular weight is 303 g/mol. The minimum atomic E-state index is -1.91. The first-order chi connectivity index (χ1) is 9.10. The van der Waals surface area contributed by atoms with Crippen molar-refractivity contribution in [2.75, 3.05) is 19.8 Å². The molecule has 0 spiro atoms. The number of hydrogen-bond acceptors (Lipinski definition) is 4. The van der Waals surface area contributed by atoms with Crippen LogP contribution in [0.25, 0.3) is 0 Å². The van der Waals surface area contributed by atoms with Crippen LogP contribution in [0.2, 0.25) is 18.1 Å². The number of carbonyl (C=O) groups excluding carboxylic acids is 2. The van der Waals surface area contributed by atoms with Crippen molar-refractivity contribution >= 4 is 20.2 Å². The molecule has 0 radical (unpaired) electrons. The molecular weight excluding hydrogens is 274 g/mol.